The van der Waals surface area contributed by atoms with E-state index in [1.165, 1.54) is 31.4 Å². The summed E-state index contributed by atoms with van der Waals surface area (Å²) in [4.78, 5) is 26.1. The van der Waals surface area contributed by atoms with Crippen molar-refractivity contribution in [3.63, 3.8) is 0 Å². The number of carboxylic acid groups (broad SMARTS) is 1. The molecule has 3 rings (SSSR count). The van der Waals surface area contributed by atoms with E-state index in [0.717, 1.165) is 24.0 Å². The third-order valence-electron chi connectivity index (χ3n) is 6.47. The van der Waals surface area contributed by atoms with Crippen LogP contribution < -0.4 is 10.1 Å². The second-order valence-electron chi connectivity index (χ2n) is 9.21. The van der Waals surface area contributed by atoms with Gasteiger partial charge in [-0.15, -0.1) is 0 Å². The molecule has 2 aromatic rings. The summed E-state index contributed by atoms with van der Waals surface area (Å²) >= 11 is 0. The van der Waals surface area contributed by atoms with Gasteiger partial charge < -0.3 is 24.8 Å². The molecular formula is C28H37FN2O5. The van der Waals surface area contributed by atoms with Crippen LogP contribution in [-0.2, 0) is 22.5 Å². The van der Waals surface area contributed by atoms with E-state index < -0.39 is 12.1 Å². The minimum Gasteiger partial charge on any atom is -0.492 e. The lowest BCUT2D eigenvalue weighted by molar-refractivity contribution is -0.149. The number of nitrogens with one attached hydrogen (secondary N) is 1. The SMILES string of the molecule is CCOC(Cc1ccc(OCCN(CC2CCCCC2)C(=O)NCc2ccc(F)cc2)cc1)C(=O)O. The number of aliphatic carboxylic acids is 1. The maximum Gasteiger partial charge on any atom is 0.333 e. The third kappa shape index (κ3) is 9.15. The molecule has 1 unspecified atom stereocenters. The Labute approximate surface area is 212 Å². The summed E-state index contributed by atoms with van der Waals surface area (Å²) in [7, 11) is 0. The summed E-state index contributed by atoms with van der Waals surface area (Å²) in [5, 5.41) is 12.2. The molecule has 0 saturated heterocycles. The van der Waals surface area contributed by atoms with Crippen molar-refractivity contribution in [3.8, 4) is 5.75 Å². The van der Waals surface area contributed by atoms with Crippen LogP contribution in [0.5, 0.6) is 5.75 Å². The Bertz CT molecular complexity index is 945. The van der Waals surface area contributed by atoms with Crippen molar-refractivity contribution in [2.75, 3.05) is 26.3 Å². The Morgan fingerprint density at radius 1 is 1.06 bits per heavy atom. The Morgan fingerprint density at radius 2 is 1.72 bits per heavy atom. The highest BCUT2D eigenvalue weighted by atomic mass is 19.1. The normalized spacial score (nSPS) is 14.7. The lowest BCUT2D eigenvalue weighted by Crippen LogP contribution is -2.44. The number of hydrogen-bond donors (Lipinski definition) is 2. The van der Waals surface area contributed by atoms with Gasteiger partial charge >= 0.3 is 12.0 Å². The summed E-state index contributed by atoms with van der Waals surface area (Å²) < 4.78 is 24.3. The smallest absolute Gasteiger partial charge is 0.333 e. The topological polar surface area (TPSA) is 88.1 Å². The first-order valence-electron chi connectivity index (χ1n) is 12.8. The molecule has 2 N–H and O–H groups in total. The van der Waals surface area contributed by atoms with Gasteiger partial charge in [-0.25, -0.2) is 14.0 Å². The predicted octanol–water partition coefficient (Wildman–Crippen LogP) is 5.03. The molecule has 0 radical (unpaired) electrons. The highest BCUT2D eigenvalue weighted by molar-refractivity contribution is 5.74. The van der Waals surface area contributed by atoms with E-state index in [9.17, 15) is 19.1 Å². The van der Waals surface area contributed by atoms with Gasteiger partial charge in [0, 0.05) is 26.1 Å². The molecule has 0 heterocycles. The highest BCUT2D eigenvalue weighted by Gasteiger charge is 2.21. The van der Waals surface area contributed by atoms with Crippen LogP contribution in [-0.4, -0.2) is 54.4 Å². The second kappa shape index (κ2) is 14.4. The van der Waals surface area contributed by atoms with Crippen LogP contribution in [0.2, 0.25) is 0 Å². The number of carboxylic acids is 1. The van der Waals surface area contributed by atoms with E-state index >= 15 is 0 Å². The van der Waals surface area contributed by atoms with E-state index in [1.54, 1.807) is 31.2 Å². The Balaban J connectivity index is 1.52. The van der Waals surface area contributed by atoms with Crippen LogP contribution in [0, 0.1) is 11.7 Å². The van der Waals surface area contributed by atoms with Crippen LogP contribution in [0.15, 0.2) is 48.5 Å². The van der Waals surface area contributed by atoms with Gasteiger partial charge in [0.2, 0.25) is 0 Å². The van der Waals surface area contributed by atoms with E-state index in [2.05, 4.69) is 5.32 Å². The molecule has 1 aliphatic carbocycles. The molecule has 1 aliphatic rings. The highest BCUT2D eigenvalue weighted by Crippen LogP contribution is 2.24. The average molecular weight is 501 g/mol. The molecule has 2 aromatic carbocycles. The summed E-state index contributed by atoms with van der Waals surface area (Å²) in [6.07, 6.45) is 5.32. The number of amides is 2. The zero-order valence-corrected chi connectivity index (χ0v) is 21.0. The second-order valence-corrected chi connectivity index (χ2v) is 9.21. The maximum absolute atomic E-state index is 13.2. The van der Waals surface area contributed by atoms with Gasteiger partial charge in [0.25, 0.3) is 0 Å². The van der Waals surface area contributed by atoms with Crippen molar-refractivity contribution in [2.45, 2.75) is 58.1 Å². The number of rotatable bonds is 13. The summed E-state index contributed by atoms with van der Waals surface area (Å²) in [6.45, 7) is 3.92. The molecular weight excluding hydrogens is 463 g/mol. The van der Waals surface area contributed by atoms with Crippen LogP contribution in [0.3, 0.4) is 0 Å². The number of ether oxygens (including phenoxy) is 2. The van der Waals surface area contributed by atoms with Gasteiger partial charge in [-0.1, -0.05) is 43.5 Å². The molecule has 1 fully saturated rings. The molecule has 1 saturated carbocycles. The van der Waals surface area contributed by atoms with Crippen LogP contribution >= 0.6 is 0 Å². The molecule has 0 aliphatic heterocycles. The lowest BCUT2D eigenvalue weighted by atomic mass is 9.89. The van der Waals surface area contributed by atoms with Gasteiger partial charge in [0.1, 0.15) is 18.2 Å². The Kier molecular flexibility index (Phi) is 11.0. The Morgan fingerprint density at radius 3 is 2.36 bits per heavy atom. The van der Waals surface area contributed by atoms with Crippen molar-refractivity contribution in [1.29, 1.82) is 0 Å². The number of carbonyl (C=O) groups is 2. The van der Waals surface area contributed by atoms with Gasteiger partial charge in [-0.3, -0.25) is 0 Å². The first-order chi connectivity index (χ1) is 17.4. The van der Waals surface area contributed by atoms with Crippen LogP contribution in [0.4, 0.5) is 9.18 Å². The molecule has 36 heavy (non-hydrogen) atoms. The summed E-state index contributed by atoms with van der Waals surface area (Å²) in [6, 6.07) is 13.2. The summed E-state index contributed by atoms with van der Waals surface area (Å²) in [5.74, 6) is -0.133. The van der Waals surface area contributed by atoms with E-state index in [4.69, 9.17) is 9.47 Å². The number of carbonyl (C=O) groups excluding carboxylic acids is 1. The molecule has 196 valence electrons. The molecule has 7 nitrogen and oxygen atoms in total. The van der Waals surface area contributed by atoms with Gasteiger partial charge in [0.15, 0.2) is 6.10 Å². The van der Waals surface area contributed by atoms with Crippen LogP contribution in [0.25, 0.3) is 0 Å². The van der Waals surface area contributed by atoms with Crippen LogP contribution in [0.1, 0.15) is 50.2 Å². The van der Waals surface area contributed by atoms with Crippen molar-refractivity contribution in [2.24, 2.45) is 5.92 Å². The standard InChI is InChI=1S/C28H37FN2O5/c1-2-35-26(27(32)33)18-21-10-14-25(15-11-21)36-17-16-31(20-23-6-4-3-5-7-23)28(34)30-19-22-8-12-24(29)13-9-22/h8-15,23,26H,2-7,16-20H2,1H3,(H,30,34)(H,32,33). The summed E-state index contributed by atoms with van der Waals surface area (Å²) in [5.41, 5.74) is 1.69. The molecule has 2 amide bonds. The molecule has 0 aromatic heterocycles. The number of nitrogens with zero attached hydrogens (tertiary/aromatic N) is 1. The first-order valence-corrected chi connectivity index (χ1v) is 12.8. The van der Waals surface area contributed by atoms with Crippen molar-refractivity contribution >= 4 is 12.0 Å². The molecule has 0 bridgehead atoms. The van der Waals surface area contributed by atoms with E-state index in [-0.39, 0.29) is 18.3 Å². The molecule has 1 atom stereocenters. The largest absolute Gasteiger partial charge is 0.492 e. The number of benzene rings is 2. The fourth-order valence-corrected chi connectivity index (χ4v) is 4.48. The zero-order chi connectivity index (χ0) is 25.8. The van der Waals surface area contributed by atoms with Crippen molar-refractivity contribution in [3.05, 3.63) is 65.5 Å². The fraction of sp³-hybridized carbons (Fsp3) is 0.500. The third-order valence-corrected chi connectivity index (χ3v) is 6.47. The monoisotopic (exact) mass is 500 g/mol. The number of urea groups is 1. The minimum atomic E-state index is -0.979. The molecule has 0 spiro atoms. The molecule has 8 heteroatoms. The average Bonchev–Trinajstić information content (AvgIpc) is 2.89. The van der Waals surface area contributed by atoms with Crippen molar-refractivity contribution < 1.29 is 28.6 Å². The minimum absolute atomic E-state index is 0.153. The Hall–Kier alpha value is -3.13. The van der Waals surface area contributed by atoms with Gasteiger partial charge in [0.05, 0.1) is 6.54 Å². The maximum atomic E-state index is 13.2. The van der Waals surface area contributed by atoms with E-state index in [1.807, 2.05) is 17.0 Å². The van der Waals surface area contributed by atoms with Crippen molar-refractivity contribution in [1.82, 2.24) is 10.2 Å². The van der Waals surface area contributed by atoms with E-state index in [0.29, 0.717) is 44.5 Å². The number of halogens is 1. The van der Waals surface area contributed by atoms with Gasteiger partial charge in [-0.2, -0.15) is 0 Å². The predicted molar refractivity (Wildman–Crippen MR) is 135 cm³/mol. The zero-order valence-electron chi connectivity index (χ0n) is 21.0. The lowest BCUT2D eigenvalue weighted by Gasteiger charge is -2.30. The van der Waals surface area contributed by atoms with Gasteiger partial charge in [-0.05, 0) is 61.1 Å². The fourth-order valence-electron chi connectivity index (χ4n) is 4.48. The number of hydrogen-bond acceptors (Lipinski definition) is 4. The quantitative estimate of drug-likeness (QED) is 0.403. The first kappa shape index (κ1) is 27.5.